The summed E-state index contributed by atoms with van der Waals surface area (Å²) < 4.78 is 1.08. The number of aromatic nitrogens is 2. The summed E-state index contributed by atoms with van der Waals surface area (Å²) in [5.74, 6) is 1.07. The van der Waals surface area contributed by atoms with Crippen LogP contribution in [-0.4, -0.2) is 53.5 Å². The van der Waals surface area contributed by atoms with Crippen molar-refractivity contribution in [3.8, 4) is 0 Å². The Balaban J connectivity index is 1.41. The van der Waals surface area contributed by atoms with Gasteiger partial charge in [-0.25, -0.2) is 9.97 Å². The molecule has 1 unspecified atom stereocenters. The van der Waals surface area contributed by atoms with Crippen LogP contribution in [0.2, 0.25) is 0 Å². The third kappa shape index (κ3) is 4.11. The molecule has 1 amide bonds. The van der Waals surface area contributed by atoms with Crippen molar-refractivity contribution in [1.82, 2.24) is 20.2 Å². The normalized spacial score (nSPS) is 15.3. The molecule has 0 radical (unpaired) electrons. The SMILES string of the molecule is CC(CNc1ncc2ccc3sc(C(=O)N4CCNCC4)cc3c2n1)c1ccccc1. The molecule has 2 aromatic carbocycles. The quantitative estimate of drug-likeness (QED) is 0.498. The molecule has 1 atom stereocenters. The predicted molar refractivity (Wildman–Crippen MR) is 127 cm³/mol. The van der Waals surface area contributed by atoms with Crippen LogP contribution in [0.4, 0.5) is 5.95 Å². The van der Waals surface area contributed by atoms with Gasteiger partial charge >= 0.3 is 0 Å². The number of anilines is 1. The van der Waals surface area contributed by atoms with Gasteiger partial charge in [-0.15, -0.1) is 11.3 Å². The highest BCUT2D eigenvalue weighted by atomic mass is 32.1. The summed E-state index contributed by atoms with van der Waals surface area (Å²) in [6, 6.07) is 16.5. The second kappa shape index (κ2) is 8.61. The highest BCUT2D eigenvalue weighted by Crippen LogP contribution is 2.32. The number of hydrogen-bond donors (Lipinski definition) is 2. The number of fused-ring (bicyclic) bond motifs is 3. The van der Waals surface area contributed by atoms with E-state index >= 15 is 0 Å². The van der Waals surface area contributed by atoms with Crippen LogP contribution < -0.4 is 10.6 Å². The first-order chi connectivity index (χ1) is 15.2. The highest BCUT2D eigenvalue weighted by molar-refractivity contribution is 7.21. The average molecular weight is 432 g/mol. The molecule has 0 saturated carbocycles. The van der Waals surface area contributed by atoms with Gasteiger partial charge in [0.15, 0.2) is 0 Å². The molecule has 158 valence electrons. The molecule has 5 rings (SSSR count). The number of rotatable bonds is 5. The molecule has 1 fully saturated rings. The summed E-state index contributed by atoms with van der Waals surface area (Å²) in [4.78, 5) is 24.9. The molecule has 0 aliphatic carbocycles. The second-order valence-electron chi connectivity index (χ2n) is 7.95. The second-order valence-corrected chi connectivity index (χ2v) is 9.04. The van der Waals surface area contributed by atoms with Crippen molar-refractivity contribution in [2.24, 2.45) is 0 Å². The Morgan fingerprint density at radius 3 is 2.81 bits per heavy atom. The Kier molecular flexibility index (Phi) is 5.53. The third-order valence-electron chi connectivity index (χ3n) is 5.80. The Morgan fingerprint density at radius 2 is 2.00 bits per heavy atom. The van der Waals surface area contributed by atoms with Crippen LogP contribution in [-0.2, 0) is 0 Å². The minimum absolute atomic E-state index is 0.111. The minimum Gasteiger partial charge on any atom is -0.354 e. The molecular formula is C24H25N5OS. The van der Waals surface area contributed by atoms with E-state index in [0.29, 0.717) is 11.9 Å². The van der Waals surface area contributed by atoms with Crippen molar-refractivity contribution >= 4 is 44.2 Å². The van der Waals surface area contributed by atoms with Gasteiger partial charge in [0.05, 0.1) is 10.4 Å². The van der Waals surface area contributed by atoms with Crippen LogP contribution in [0.15, 0.2) is 54.7 Å². The van der Waals surface area contributed by atoms with Gasteiger partial charge in [0.1, 0.15) is 0 Å². The molecule has 1 aliphatic heterocycles. The van der Waals surface area contributed by atoms with Crippen molar-refractivity contribution in [3.05, 3.63) is 65.2 Å². The van der Waals surface area contributed by atoms with Gasteiger partial charge in [0, 0.05) is 54.4 Å². The number of benzene rings is 2. The van der Waals surface area contributed by atoms with Gasteiger partial charge in [0.25, 0.3) is 5.91 Å². The van der Waals surface area contributed by atoms with Crippen molar-refractivity contribution in [2.75, 3.05) is 38.0 Å². The van der Waals surface area contributed by atoms with E-state index in [4.69, 9.17) is 4.98 Å². The molecule has 3 heterocycles. The summed E-state index contributed by atoms with van der Waals surface area (Å²) in [5.41, 5.74) is 2.17. The predicted octanol–water partition coefficient (Wildman–Crippen LogP) is 4.11. The smallest absolute Gasteiger partial charge is 0.264 e. The summed E-state index contributed by atoms with van der Waals surface area (Å²) >= 11 is 1.54. The minimum atomic E-state index is 0.111. The van der Waals surface area contributed by atoms with Crippen molar-refractivity contribution in [2.45, 2.75) is 12.8 Å². The molecule has 7 heteroatoms. The molecule has 31 heavy (non-hydrogen) atoms. The maximum absolute atomic E-state index is 12.9. The summed E-state index contributed by atoms with van der Waals surface area (Å²) in [6.07, 6.45) is 1.85. The van der Waals surface area contributed by atoms with E-state index < -0.39 is 0 Å². The van der Waals surface area contributed by atoms with E-state index in [1.54, 1.807) is 11.3 Å². The third-order valence-corrected chi connectivity index (χ3v) is 6.89. The molecule has 4 aromatic rings. The number of nitrogens with one attached hydrogen (secondary N) is 2. The van der Waals surface area contributed by atoms with Gasteiger partial charge in [-0.3, -0.25) is 4.79 Å². The molecule has 1 aliphatic rings. The topological polar surface area (TPSA) is 70.2 Å². The first kappa shape index (κ1) is 19.9. The number of carbonyl (C=O) groups excluding carboxylic acids is 1. The van der Waals surface area contributed by atoms with Gasteiger partial charge in [-0.05, 0) is 29.7 Å². The van der Waals surface area contributed by atoms with Crippen LogP contribution in [0, 0.1) is 0 Å². The van der Waals surface area contributed by atoms with Crippen LogP contribution in [0.1, 0.15) is 28.1 Å². The summed E-state index contributed by atoms with van der Waals surface area (Å²) in [5, 5.41) is 8.67. The Bertz CT molecular complexity index is 1220. The van der Waals surface area contributed by atoms with Crippen molar-refractivity contribution in [3.63, 3.8) is 0 Å². The molecule has 6 nitrogen and oxygen atoms in total. The fraction of sp³-hybridized carbons (Fsp3) is 0.292. The van der Waals surface area contributed by atoms with E-state index in [2.05, 4.69) is 52.9 Å². The zero-order valence-corrected chi connectivity index (χ0v) is 18.3. The number of piperazine rings is 1. The van der Waals surface area contributed by atoms with E-state index in [1.807, 2.05) is 29.3 Å². The fourth-order valence-corrected chi connectivity index (χ4v) is 5.00. The van der Waals surface area contributed by atoms with E-state index in [1.165, 1.54) is 5.56 Å². The van der Waals surface area contributed by atoms with E-state index in [9.17, 15) is 4.79 Å². The maximum Gasteiger partial charge on any atom is 0.264 e. The Labute approximate surface area is 185 Å². The Hall–Kier alpha value is -3.03. The van der Waals surface area contributed by atoms with Gasteiger partial charge in [-0.1, -0.05) is 37.3 Å². The Morgan fingerprint density at radius 1 is 1.19 bits per heavy atom. The molecule has 1 saturated heterocycles. The highest BCUT2D eigenvalue weighted by Gasteiger charge is 2.21. The zero-order chi connectivity index (χ0) is 21.2. The van der Waals surface area contributed by atoms with Gasteiger partial charge in [0.2, 0.25) is 5.95 Å². The number of carbonyl (C=O) groups is 1. The number of hydrogen-bond acceptors (Lipinski definition) is 6. The largest absolute Gasteiger partial charge is 0.354 e. The fourth-order valence-electron chi connectivity index (χ4n) is 3.97. The molecular weight excluding hydrogens is 406 g/mol. The molecule has 0 spiro atoms. The number of thiophene rings is 1. The number of amides is 1. The lowest BCUT2D eigenvalue weighted by atomic mass is 10.0. The van der Waals surface area contributed by atoms with Gasteiger partial charge < -0.3 is 15.5 Å². The molecule has 2 aromatic heterocycles. The van der Waals surface area contributed by atoms with Crippen LogP contribution in [0.5, 0.6) is 0 Å². The van der Waals surface area contributed by atoms with E-state index in [-0.39, 0.29) is 5.91 Å². The average Bonchev–Trinajstić information content (AvgIpc) is 3.28. The summed E-state index contributed by atoms with van der Waals surface area (Å²) in [6.45, 7) is 6.15. The van der Waals surface area contributed by atoms with Gasteiger partial charge in [-0.2, -0.15) is 0 Å². The maximum atomic E-state index is 12.9. The lowest BCUT2D eigenvalue weighted by Crippen LogP contribution is -2.46. The zero-order valence-electron chi connectivity index (χ0n) is 17.5. The monoisotopic (exact) mass is 431 g/mol. The van der Waals surface area contributed by atoms with Crippen molar-refractivity contribution < 1.29 is 4.79 Å². The van der Waals surface area contributed by atoms with Crippen LogP contribution in [0.25, 0.3) is 21.0 Å². The molecule has 0 bridgehead atoms. The standard InChI is InChI=1S/C24H25N5OS/c1-16(17-5-3-2-4-6-17)14-26-24-27-15-18-7-8-20-19(22(18)28-24)13-21(31-20)23(30)29-11-9-25-10-12-29/h2-8,13,15-16,25H,9-12,14H2,1H3,(H,26,27,28). The van der Waals surface area contributed by atoms with Crippen LogP contribution >= 0.6 is 11.3 Å². The number of nitrogens with zero attached hydrogens (tertiary/aromatic N) is 3. The van der Waals surface area contributed by atoms with Crippen molar-refractivity contribution in [1.29, 1.82) is 0 Å². The van der Waals surface area contributed by atoms with Crippen LogP contribution in [0.3, 0.4) is 0 Å². The molecule has 2 N–H and O–H groups in total. The lowest BCUT2D eigenvalue weighted by Gasteiger charge is -2.26. The first-order valence-corrected chi connectivity index (χ1v) is 11.5. The van der Waals surface area contributed by atoms with E-state index in [0.717, 1.165) is 58.6 Å². The lowest BCUT2D eigenvalue weighted by molar-refractivity contribution is 0.0741. The summed E-state index contributed by atoms with van der Waals surface area (Å²) in [7, 11) is 0. The first-order valence-electron chi connectivity index (χ1n) is 10.7.